The number of imidazole rings is 1. The summed E-state index contributed by atoms with van der Waals surface area (Å²) in [7, 11) is 8.88. The lowest BCUT2D eigenvalue weighted by Crippen LogP contribution is -2.44. The Kier molecular flexibility index (Phi) is 16.4. The number of carbonyl (C=O) groups is 3. The number of carboxylic acid groups (broad SMARTS) is 1. The van der Waals surface area contributed by atoms with Crippen LogP contribution in [0.5, 0.6) is 5.75 Å². The van der Waals surface area contributed by atoms with E-state index in [9.17, 15) is 24.0 Å². The van der Waals surface area contributed by atoms with E-state index in [0.717, 1.165) is 16.7 Å². The highest BCUT2D eigenvalue weighted by atomic mass is 35.5. The molecule has 0 saturated carbocycles. The van der Waals surface area contributed by atoms with Gasteiger partial charge in [-0.1, -0.05) is 86.6 Å². The molecule has 0 saturated heterocycles. The molecule has 5 rings (SSSR count). The van der Waals surface area contributed by atoms with E-state index in [1.54, 1.807) is 30.8 Å². The van der Waals surface area contributed by atoms with Gasteiger partial charge >= 0.3 is 23.6 Å². The van der Waals surface area contributed by atoms with Crippen molar-refractivity contribution >= 4 is 41.5 Å². The van der Waals surface area contributed by atoms with E-state index in [4.69, 9.17) is 9.84 Å². The number of ether oxygens (including phenoxy) is 2. The molecule has 0 fully saturated rings. The van der Waals surface area contributed by atoms with Crippen molar-refractivity contribution in [1.82, 2.24) is 23.6 Å². The molecule has 2 heterocycles. The SMILES string of the molecule is CC(=O)Oc1ccccc1C(=O)O.CCC(=O)O[C@@](Cc1ccccc1)(c1ccccc1)[C@H](C)CN(C)C.Cl.Cn1c(=O)c2c(ncn2C)n(C)c1=O. The fourth-order valence-electron chi connectivity index (χ4n) is 5.70. The van der Waals surface area contributed by atoms with Crippen LogP contribution >= 0.6 is 12.4 Å². The maximum Gasteiger partial charge on any atom is 0.339 e. The molecule has 0 spiro atoms. The summed E-state index contributed by atoms with van der Waals surface area (Å²) in [6.07, 6.45) is 2.56. The van der Waals surface area contributed by atoms with Gasteiger partial charge in [0.2, 0.25) is 0 Å². The summed E-state index contributed by atoms with van der Waals surface area (Å²) in [4.78, 5) is 62.8. The van der Waals surface area contributed by atoms with Crippen LogP contribution in [-0.2, 0) is 47.5 Å². The van der Waals surface area contributed by atoms with E-state index >= 15 is 0 Å². The minimum atomic E-state index is -1.11. The van der Waals surface area contributed by atoms with Gasteiger partial charge in [0.05, 0.1) is 6.33 Å². The first-order valence-electron chi connectivity index (χ1n) is 16.7. The highest BCUT2D eigenvalue weighted by molar-refractivity contribution is 5.91. The van der Waals surface area contributed by atoms with Crippen LogP contribution in [0.1, 0.15) is 48.7 Å². The van der Waals surface area contributed by atoms with Gasteiger partial charge in [0, 0.05) is 53.4 Å². The summed E-state index contributed by atoms with van der Waals surface area (Å²) in [5, 5.41) is 8.69. The fourth-order valence-corrected chi connectivity index (χ4v) is 5.70. The molecule has 0 aliphatic heterocycles. The zero-order valence-corrected chi connectivity index (χ0v) is 32.1. The van der Waals surface area contributed by atoms with E-state index in [0.29, 0.717) is 24.0 Å². The Labute approximate surface area is 314 Å². The van der Waals surface area contributed by atoms with Crippen molar-refractivity contribution in [3.63, 3.8) is 0 Å². The lowest BCUT2D eigenvalue weighted by atomic mass is 9.77. The number of carbonyl (C=O) groups excluding carboxylic acids is 2. The lowest BCUT2D eigenvalue weighted by molar-refractivity contribution is -0.168. The molecule has 53 heavy (non-hydrogen) atoms. The smallest absolute Gasteiger partial charge is 0.339 e. The Morgan fingerprint density at radius 2 is 1.45 bits per heavy atom. The maximum atomic E-state index is 12.3. The van der Waals surface area contributed by atoms with Gasteiger partial charge < -0.3 is 24.0 Å². The third-order valence-electron chi connectivity index (χ3n) is 8.28. The Morgan fingerprint density at radius 3 is 2.00 bits per heavy atom. The molecule has 0 unspecified atom stereocenters. The second-order valence-corrected chi connectivity index (χ2v) is 12.5. The van der Waals surface area contributed by atoms with E-state index < -0.39 is 17.5 Å². The second-order valence-electron chi connectivity index (χ2n) is 12.5. The van der Waals surface area contributed by atoms with Gasteiger partial charge in [-0.25, -0.2) is 14.6 Å². The molecule has 13 nitrogen and oxygen atoms in total. The summed E-state index contributed by atoms with van der Waals surface area (Å²) in [6.45, 7) is 6.06. The number of halogens is 1. The van der Waals surface area contributed by atoms with Crippen LogP contribution in [0.2, 0.25) is 0 Å². The second kappa shape index (κ2) is 19.9. The van der Waals surface area contributed by atoms with Crippen LogP contribution < -0.4 is 16.0 Å². The summed E-state index contributed by atoms with van der Waals surface area (Å²) in [6, 6.07) is 26.4. The number of rotatable bonds is 10. The Morgan fingerprint density at radius 1 is 0.887 bits per heavy atom. The van der Waals surface area contributed by atoms with Crippen LogP contribution in [0.25, 0.3) is 11.2 Å². The minimum absolute atomic E-state index is 0. The van der Waals surface area contributed by atoms with Gasteiger partial charge in [-0.05, 0) is 37.4 Å². The predicted octanol–water partition coefficient (Wildman–Crippen LogP) is 4.98. The van der Waals surface area contributed by atoms with Gasteiger partial charge in [0.15, 0.2) is 11.2 Å². The first kappa shape index (κ1) is 43.6. The normalized spacial score (nSPS) is 12.2. The monoisotopic (exact) mass is 749 g/mol. The molecule has 0 radical (unpaired) electrons. The van der Waals surface area contributed by atoms with Gasteiger partial charge in [0.1, 0.15) is 16.9 Å². The van der Waals surface area contributed by atoms with Crippen molar-refractivity contribution in [1.29, 1.82) is 0 Å². The average Bonchev–Trinajstić information content (AvgIpc) is 3.51. The number of aryl methyl sites for hydroxylation is 2. The topological polar surface area (TPSA) is 155 Å². The number of nitrogens with zero attached hydrogens (tertiary/aromatic N) is 5. The number of aromatic carboxylic acids is 1. The molecule has 2 atom stereocenters. The molecular weight excluding hydrogens is 702 g/mol. The summed E-state index contributed by atoms with van der Waals surface area (Å²) >= 11 is 0. The number of hydrogen-bond acceptors (Lipinski definition) is 9. The van der Waals surface area contributed by atoms with Crippen molar-refractivity contribution < 1.29 is 29.0 Å². The number of benzene rings is 3. The maximum absolute atomic E-state index is 12.3. The number of fused-ring (bicyclic) bond motifs is 1. The average molecular weight is 750 g/mol. The van der Waals surface area contributed by atoms with Gasteiger partial charge in [-0.2, -0.15) is 0 Å². The number of carboxylic acids is 1. The van der Waals surface area contributed by atoms with Crippen LogP contribution in [0.4, 0.5) is 0 Å². The Balaban J connectivity index is 0.000000295. The highest BCUT2D eigenvalue weighted by Crippen LogP contribution is 2.38. The Hall–Kier alpha value is -5.53. The zero-order valence-electron chi connectivity index (χ0n) is 31.3. The van der Waals surface area contributed by atoms with E-state index in [1.807, 2.05) is 43.3 Å². The Bertz CT molecular complexity index is 2090. The van der Waals surface area contributed by atoms with E-state index in [1.165, 1.54) is 42.6 Å². The van der Waals surface area contributed by atoms with E-state index in [-0.39, 0.29) is 46.9 Å². The number of esters is 2. The standard InChI is InChI=1S/C22H29NO2.C9H8O4.C8H10N4O2.ClH/c1-5-21(24)25-22(18(2)17-23(3)4,20-14-10-7-11-15-20)16-19-12-8-6-9-13-19;1-6(10)13-8-5-3-2-4-7(8)9(11)12;1-10-4-9-6-5(10)7(13)12(3)8(14)11(6)2;/h6-15,18H,5,16-17H2,1-4H3;2-5H,1H3,(H,11,12);4H,1-3H3;1H/t18-,22-;;;/m1.../s1. The minimum Gasteiger partial charge on any atom is -0.478 e. The van der Waals surface area contributed by atoms with Crippen LogP contribution in [0.3, 0.4) is 0 Å². The van der Waals surface area contributed by atoms with Crippen molar-refractivity contribution in [2.75, 3.05) is 20.6 Å². The molecule has 0 aliphatic rings. The predicted molar refractivity (Wildman–Crippen MR) is 206 cm³/mol. The summed E-state index contributed by atoms with van der Waals surface area (Å²) < 4.78 is 14.9. The third-order valence-corrected chi connectivity index (χ3v) is 8.28. The lowest BCUT2D eigenvalue weighted by Gasteiger charge is -2.40. The summed E-state index contributed by atoms with van der Waals surface area (Å²) in [5.74, 6) is -1.60. The van der Waals surface area contributed by atoms with Gasteiger partial charge in [-0.15, -0.1) is 12.4 Å². The quantitative estimate of drug-likeness (QED) is 0.153. The van der Waals surface area contributed by atoms with Crippen molar-refractivity contribution in [3.05, 3.63) is 129 Å². The van der Waals surface area contributed by atoms with Gasteiger partial charge in [-0.3, -0.25) is 23.5 Å². The molecule has 0 aliphatic carbocycles. The van der Waals surface area contributed by atoms with Crippen LogP contribution in [0, 0.1) is 5.92 Å². The molecule has 1 N–H and O–H groups in total. The largest absolute Gasteiger partial charge is 0.478 e. The molecule has 0 amide bonds. The molecule has 5 aromatic rings. The molecular formula is C39H48ClN5O8. The van der Waals surface area contributed by atoms with Crippen LogP contribution in [0.15, 0.2) is 101 Å². The van der Waals surface area contributed by atoms with Crippen LogP contribution in [-0.4, -0.2) is 67.2 Å². The van der Waals surface area contributed by atoms with Crippen molar-refractivity contribution in [2.45, 2.75) is 39.2 Å². The summed E-state index contributed by atoms with van der Waals surface area (Å²) in [5.41, 5.74) is 1.70. The van der Waals surface area contributed by atoms with Gasteiger partial charge in [0.25, 0.3) is 5.56 Å². The highest BCUT2D eigenvalue weighted by Gasteiger charge is 2.42. The molecule has 0 bridgehead atoms. The molecule has 284 valence electrons. The molecule has 3 aromatic carbocycles. The number of para-hydroxylation sites is 1. The molecule has 2 aromatic heterocycles. The first-order valence-corrected chi connectivity index (χ1v) is 16.7. The third kappa shape index (κ3) is 11.2. The first-order chi connectivity index (χ1) is 24.6. The fraction of sp³-hybridized carbons (Fsp3) is 0.333. The van der Waals surface area contributed by atoms with Crippen molar-refractivity contribution in [2.24, 2.45) is 27.1 Å². The molecule has 14 heteroatoms. The van der Waals surface area contributed by atoms with Crippen molar-refractivity contribution in [3.8, 4) is 5.75 Å². The zero-order chi connectivity index (χ0) is 38.6. The van der Waals surface area contributed by atoms with E-state index in [2.05, 4.69) is 59.9 Å². The number of aromatic nitrogens is 4. The number of hydrogen-bond donors (Lipinski definition) is 1.